The Bertz CT molecular complexity index is 1900. The molecule has 1 fully saturated rings. The van der Waals surface area contributed by atoms with E-state index in [2.05, 4.69) is 36.3 Å². The Morgan fingerprint density at radius 2 is 1.61 bits per heavy atom. The largest absolute Gasteiger partial charge is 0.370 e. The number of benzene rings is 3. The van der Waals surface area contributed by atoms with E-state index in [-0.39, 0.29) is 22.7 Å². The summed E-state index contributed by atoms with van der Waals surface area (Å²) < 4.78 is 27.0. The lowest BCUT2D eigenvalue weighted by molar-refractivity contribution is 0.102. The minimum absolute atomic E-state index is 0.00141. The molecule has 1 amide bonds. The van der Waals surface area contributed by atoms with E-state index in [9.17, 15) is 18.0 Å². The Labute approximate surface area is 271 Å². The highest BCUT2D eigenvalue weighted by molar-refractivity contribution is 7.88. The molecule has 0 saturated carbocycles. The summed E-state index contributed by atoms with van der Waals surface area (Å²) in [7, 11) is -1.53. The molecule has 46 heavy (non-hydrogen) atoms. The maximum atomic E-state index is 13.1. The average molecular weight is 643 g/mol. The van der Waals surface area contributed by atoms with Crippen molar-refractivity contribution in [2.45, 2.75) is 39.5 Å². The maximum Gasteiger partial charge on any atom is 0.293 e. The summed E-state index contributed by atoms with van der Waals surface area (Å²) in [6.07, 6.45) is 3.68. The summed E-state index contributed by atoms with van der Waals surface area (Å²) in [5.74, 6) is -0.0214. The Morgan fingerprint density at radius 3 is 2.26 bits per heavy atom. The van der Waals surface area contributed by atoms with Gasteiger partial charge in [0.05, 0.1) is 11.9 Å². The Hall–Kier alpha value is -4.48. The average Bonchev–Trinajstić information content (AvgIpc) is 3.27. The molecule has 1 saturated heterocycles. The number of rotatable bonds is 7. The molecule has 0 aliphatic carbocycles. The van der Waals surface area contributed by atoms with E-state index < -0.39 is 10.0 Å². The van der Waals surface area contributed by atoms with Crippen LogP contribution in [0.25, 0.3) is 11.3 Å². The lowest BCUT2D eigenvalue weighted by Crippen LogP contribution is -2.34. The van der Waals surface area contributed by atoms with Crippen molar-refractivity contribution in [3.8, 4) is 11.3 Å². The van der Waals surface area contributed by atoms with Gasteiger partial charge in [-0.3, -0.25) is 9.59 Å². The number of nitrogens with zero attached hydrogens (tertiary/aromatic N) is 4. The molecule has 5 rings (SSSR count). The normalized spacial score (nSPS) is 14.5. The number of carbonyl (C=O) groups is 1. The Kier molecular flexibility index (Phi) is 9.37. The predicted octanol–water partition coefficient (Wildman–Crippen LogP) is 5.52. The zero-order valence-corrected chi connectivity index (χ0v) is 28.1. The molecular weight excluding hydrogens is 600 g/mol. The molecule has 4 aromatic rings. The first kappa shape index (κ1) is 32.9. The number of carbonyl (C=O) groups excluding carboxylic acids is 1. The lowest BCUT2D eigenvalue weighted by atomic mass is 9.86. The van der Waals surface area contributed by atoms with Gasteiger partial charge in [0.1, 0.15) is 0 Å². The van der Waals surface area contributed by atoms with E-state index in [1.807, 2.05) is 73.7 Å². The second-order valence-electron chi connectivity index (χ2n) is 12.8. The van der Waals surface area contributed by atoms with Crippen LogP contribution in [0.15, 0.2) is 77.7 Å². The monoisotopic (exact) mass is 642 g/mol. The molecule has 0 atom stereocenters. The van der Waals surface area contributed by atoms with E-state index in [4.69, 9.17) is 4.98 Å². The van der Waals surface area contributed by atoms with Crippen LogP contribution in [0.3, 0.4) is 0 Å². The van der Waals surface area contributed by atoms with E-state index in [0.717, 1.165) is 35.3 Å². The Balaban J connectivity index is 1.33. The molecule has 2 N–H and O–H groups in total. The van der Waals surface area contributed by atoms with Crippen LogP contribution in [0, 0.1) is 6.92 Å². The van der Waals surface area contributed by atoms with Gasteiger partial charge in [0.15, 0.2) is 5.82 Å². The van der Waals surface area contributed by atoms with Crippen molar-refractivity contribution in [1.82, 2.24) is 13.9 Å². The van der Waals surface area contributed by atoms with Gasteiger partial charge in [-0.05, 0) is 72.4 Å². The first-order valence-electron chi connectivity index (χ1n) is 15.4. The minimum Gasteiger partial charge on any atom is -0.370 e. The maximum absolute atomic E-state index is 13.1. The molecule has 10 nitrogen and oxygen atoms in total. The van der Waals surface area contributed by atoms with Gasteiger partial charge in [0.25, 0.3) is 11.5 Å². The summed E-state index contributed by atoms with van der Waals surface area (Å²) in [5, 5.41) is 6.21. The first-order chi connectivity index (χ1) is 21.7. The zero-order chi connectivity index (χ0) is 33.2. The highest BCUT2D eigenvalue weighted by Gasteiger charge is 2.22. The fraction of sp³-hybridized carbons (Fsp3) is 0.343. The van der Waals surface area contributed by atoms with E-state index in [1.54, 1.807) is 13.2 Å². The number of aryl methyl sites for hydroxylation is 1. The standard InChI is InChI=1S/C35H42N6O4S/c1-24-29(9-7-10-30(24)38-33(42)25-11-13-26(14-12-25)35(2,3)4)31-23-39(5)34(43)32(37-31)36-27-15-17-28(18-16-27)40-19-8-20-41(22-21-40)46(6,44)45/h7,9-18,23H,8,19-22H2,1-6H3,(H,36,37)(H,38,42). The van der Waals surface area contributed by atoms with Crippen LogP contribution in [-0.2, 0) is 22.5 Å². The quantitative estimate of drug-likeness (QED) is 0.273. The summed E-state index contributed by atoms with van der Waals surface area (Å²) in [5.41, 5.74) is 6.00. The van der Waals surface area contributed by atoms with Crippen molar-refractivity contribution in [2.24, 2.45) is 7.05 Å². The summed E-state index contributed by atoms with van der Waals surface area (Å²) in [6, 6.07) is 21.0. The van der Waals surface area contributed by atoms with Crippen molar-refractivity contribution in [2.75, 3.05) is 48.0 Å². The third kappa shape index (κ3) is 7.48. The third-order valence-electron chi connectivity index (χ3n) is 8.36. The summed E-state index contributed by atoms with van der Waals surface area (Å²) in [6.45, 7) is 10.6. The number of hydrogen-bond acceptors (Lipinski definition) is 7. The molecule has 1 aromatic heterocycles. The number of sulfonamides is 1. The first-order valence-corrected chi connectivity index (χ1v) is 17.2. The van der Waals surface area contributed by atoms with Crippen molar-refractivity contribution in [3.05, 3.63) is 100.0 Å². The lowest BCUT2D eigenvalue weighted by Gasteiger charge is -2.23. The fourth-order valence-corrected chi connectivity index (χ4v) is 6.43. The van der Waals surface area contributed by atoms with E-state index in [0.29, 0.717) is 42.3 Å². The summed E-state index contributed by atoms with van der Waals surface area (Å²) >= 11 is 0. The number of anilines is 4. The second-order valence-corrected chi connectivity index (χ2v) is 14.8. The van der Waals surface area contributed by atoms with Crippen molar-refractivity contribution in [3.63, 3.8) is 0 Å². The van der Waals surface area contributed by atoms with E-state index in [1.165, 1.54) is 15.1 Å². The molecule has 0 bridgehead atoms. The predicted molar refractivity (Wildman–Crippen MR) is 186 cm³/mol. The molecule has 0 unspecified atom stereocenters. The number of nitrogens with one attached hydrogen (secondary N) is 2. The van der Waals surface area contributed by atoms with Crippen LogP contribution in [-0.4, -0.2) is 60.6 Å². The molecule has 1 aliphatic heterocycles. The number of aromatic nitrogens is 2. The van der Waals surface area contributed by atoms with Crippen molar-refractivity contribution < 1.29 is 13.2 Å². The molecule has 242 valence electrons. The van der Waals surface area contributed by atoms with Crippen LogP contribution >= 0.6 is 0 Å². The molecule has 0 radical (unpaired) electrons. The molecule has 0 spiro atoms. The van der Waals surface area contributed by atoms with Gasteiger partial charge in [-0.15, -0.1) is 0 Å². The van der Waals surface area contributed by atoms with Gasteiger partial charge in [-0.2, -0.15) is 0 Å². The molecular formula is C35H42N6O4S. The van der Waals surface area contributed by atoms with Gasteiger partial charge in [0, 0.05) is 67.6 Å². The third-order valence-corrected chi connectivity index (χ3v) is 9.66. The smallest absolute Gasteiger partial charge is 0.293 e. The fourth-order valence-electron chi connectivity index (χ4n) is 5.56. The zero-order valence-electron chi connectivity index (χ0n) is 27.3. The van der Waals surface area contributed by atoms with Crippen LogP contribution in [0.4, 0.5) is 22.9 Å². The molecule has 2 heterocycles. The van der Waals surface area contributed by atoms with E-state index >= 15 is 0 Å². The van der Waals surface area contributed by atoms with Crippen LogP contribution in [0.1, 0.15) is 48.7 Å². The van der Waals surface area contributed by atoms with Gasteiger partial charge in [-0.1, -0.05) is 45.0 Å². The van der Waals surface area contributed by atoms with Gasteiger partial charge in [0.2, 0.25) is 10.0 Å². The number of hydrogen-bond donors (Lipinski definition) is 2. The minimum atomic E-state index is -3.22. The van der Waals surface area contributed by atoms with Crippen LogP contribution in [0.2, 0.25) is 0 Å². The van der Waals surface area contributed by atoms with Crippen LogP contribution in [0.5, 0.6) is 0 Å². The van der Waals surface area contributed by atoms with Crippen molar-refractivity contribution >= 4 is 38.8 Å². The van der Waals surface area contributed by atoms with Crippen molar-refractivity contribution in [1.29, 1.82) is 0 Å². The molecule has 1 aliphatic rings. The second kappa shape index (κ2) is 13.1. The highest BCUT2D eigenvalue weighted by Crippen LogP contribution is 2.29. The van der Waals surface area contributed by atoms with Gasteiger partial charge >= 0.3 is 0 Å². The van der Waals surface area contributed by atoms with Crippen LogP contribution < -0.4 is 21.1 Å². The summed E-state index contributed by atoms with van der Waals surface area (Å²) in [4.78, 5) is 33.1. The Morgan fingerprint density at radius 1 is 0.913 bits per heavy atom. The number of amides is 1. The van der Waals surface area contributed by atoms with Gasteiger partial charge in [-0.25, -0.2) is 17.7 Å². The molecule has 11 heteroatoms. The topological polar surface area (TPSA) is 117 Å². The van der Waals surface area contributed by atoms with Gasteiger partial charge < -0.3 is 20.1 Å². The highest BCUT2D eigenvalue weighted by atomic mass is 32.2. The SMILES string of the molecule is Cc1c(NC(=O)c2ccc(C(C)(C)C)cc2)cccc1-c1cn(C)c(=O)c(Nc2ccc(N3CCCN(S(C)(=O)=O)CC3)cc2)n1. The molecule has 3 aromatic carbocycles.